The smallest absolute Gasteiger partial charge is 0.254 e. The van der Waals surface area contributed by atoms with Gasteiger partial charge in [0.25, 0.3) is 11.8 Å². The highest BCUT2D eigenvalue weighted by Gasteiger charge is 2.57. The summed E-state index contributed by atoms with van der Waals surface area (Å²) in [5.41, 5.74) is 1.15. The van der Waals surface area contributed by atoms with Crippen LogP contribution in [-0.2, 0) is 4.79 Å². The van der Waals surface area contributed by atoms with Gasteiger partial charge in [-0.3, -0.25) is 20.0 Å². The maximum absolute atomic E-state index is 13.4. The number of amides is 2. The van der Waals surface area contributed by atoms with Crippen LogP contribution in [0.4, 0.5) is 14.7 Å². The fraction of sp³-hybridized carbons (Fsp3) is 0.278. The molecule has 2 aromatic heterocycles. The Balaban J connectivity index is 1.48. The lowest BCUT2D eigenvalue weighted by Crippen LogP contribution is -2.40. The van der Waals surface area contributed by atoms with Gasteiger partial charge in [-0.1, -0.05) is 29.7 Å². The fourth-order valence-corrected chi connectivity index (χ4v) is 2.90. The number of rotatable bonds is 6. The number of hydrogen-bond acceptors (Lipinski definition) is 5. The Labute approximate surface area is 165 Å². The minimum absolute atomic E-state index is 0.0170. The number of benzene rings is 1. The number of carbonyl (C=O) groups is 2. The summed E-state index contributed by atoms with van der Waals surface area (Å²) in [6, 6.07) is 6.04. The molecule has 11 heteroatoms. The van der Waals surface area contributed by atoms with E-state index in [1.54, 1.807) is 0 Å². The maximum atomic E-state index is 13.4. The number of hydrogen-bond donors (Lipinski definition) is 2. The van der Waals surface area contributed by atoms with Crippen molar-refractivity contribution in [1.82, 2.24) is 25.1 Å². The van der Waals surface area contributed by atoms with Crippen molar-refractivity contribution >= 4 is 42.1 Å². The zero-order chi connectivity index (χ0) is 20.6. The van der Waals surface area contributed by atoms with Crippen LogP contribution in [0.3, 0.4) is 0 Å². The number of nitrogens with one attached hydrogen (secondary N) is 2. The average Bonchev–Trinajstić information content (AvgIpc) is 3.06. The lowest BCUT2D eigenvalue weighted by Gasteiger charge is -2.22. The molecule has 2 radical (unpaired) electrons. The number of aromatic nitrogens is 4. The van der Waals surface area contributed by atoms with Gasteiger partial charge in [-0.25, -0.2) is 13.8 Å². The standard InChI is InChI=1S/C18H15BF2N6O2/c19-13-3-1-10(2-4-13)16(29)27(8-12-5-18(12,20)21)9-14(28)24-17-22-6-11-7-23-26-15(11)25-17/h1-4,6-7,12H,5,8-9H2,(H2,22,23,24,25,26,28). The first-order valence-corrected chi connectivity index (χ1v) is 8.80. The average molecular weight is 396 g/mol. The Morgan fingerprint density at radius 1 is 1.28 bits per heavy atom. The molecule has 2 heterocycles. The molecule has 2 amide bonds. The Morgan fingerprint density at radius 2 is 2.00 bits per heavy atom. The van der Waals surface area contributed by atoms with E-state index >= 15 is 0 Å². The molecule has 2 N–H and O–H groups in total. The summed E-state index contributed by atoms with van der Waals surface area (Å²) in [4.78, 5) is 34.4. The highest BCUT2D eigenvalue weighted by atomic mass is 19.3. The lowest BCUT2D eigenvalue weighted by atomic mass is 9.95. The first-order chi connectivity index (χ1) is 13.8. The van der Waals surface area contributed by atoms with E-state index in [-0.39, 0.29) is 24.5 Å². The third kappa shape index (κ3) is 4.23. The molecule has 4 rings (SSSR count). The molecule has 8 nitrogen and oxygen atoms in total. The van der Waals surface area contributed by atoms with Crippen molar-refractivity contribution in [1.29, 1.82) is 0 Å². The molecular formula is C18H15BF2N6O2. The summed E-state index contributed by atoms with van der Waals surface area (Å²) in [5, 5.41) is 9.60. The van der Waals surface area contributed by atoms with E-state index in [1.165, 1.54) is 36.7 Å². The van der Waals surface area contributed by atoms with E-state index < -0.39 is 30.2 Å². The molecule has 1 atom stereocenters. The Kier molecular flexibility index (Phi) is 4.73. The predicted molar refractivity (Wildman–Crippen MR) is 101 cm³/mol. The number of halogens is 2. The molecule has 0 saturated heterocycles. The molecule has 1 aliphatic carbocycles. The minimum atomic E-state index is -2.81. The quantitative estimate of drug-likeness (QED) is 0.603. The van der Waals surface area contributed by atoms with Gasteiger partial charge >= 0.3 is 0 Å². The molecule has 1 aromatic carbocycles. The number of aromatic amines is 1. The van der Waals surface area contributed by atoms with E-state index in [2.05, 4.69) is 25.5 Å². The van der Waals surface area contributed by atoms with Crippen molar-refractivity contribution in [3.8, 4) is 0 Å². The molecule has 0 bridgehead atoms. The molecule has 1 saturated carbocycles. The SMILES string of the molecule is [B]c1ccc(C(=O)N(CC(=O)Nc2ncc3cn[nH]c3n2)CC2CC2(F)F)cc1. The maximum Gasteiger partial charge on any atom is 0.254 e. The zero-order valence-electron chi connectivity index (χ0n) is 15.1. The lowest BCUT2D eigenvalue weighted by molar-refractivity contribution is -0.117. The van der Waals surface area contributed by atoms with Crippen LogP contribution in [0, 0.1) is 5.92 Å². The van der Waals surface area contributed by atoms with Crippen LogP contribution < -0.4 is 10.8 Å². The molecule has 0 aliphatic heterocycles. The summed E-state index contributed by atoms with van der Waals surface area (Å²) < 4.78 is 26.8. The van der Waals surface area contributed by atoms with Gasteiger partial charge in [-0.2, -0.15) is 10.1 Å². The molecular weight excluding hydrogens is 381 g/mol. The van der Waals surface area contributed by atoms with Gasteiger partial charge in [0.2, 0.25) is 11.9 Å². The van der Waals surface area contributed by atoms with Gasteiger partial charge in [0.05, 0.1) is 11.6 Å². The number of alkyl halides is 2. The van der Waals surface area contributed by atoms with E-state index in [9.17, 15) is 18.4 Å². The van der Waals surface area contributed by atoms with E-state index in [0.717, 1.165) is 4.90 Å². The molecule has 1 fully saturated rings. The van der Waals surface area contributed by atoms with Crippen molar-refractivity contribution < 1.29 is 18.4 Å². The van der Waals surface area contributed by atoms with Crippen LogP contribution in [0.15, 0.2) is 36.7 Å². The normalized spacial score (nSPS) is 17.1. The van der Waals surface area contributed by atoms with E-state index in [1.807, 2.05) is 0 Å². The van der Waals surface area contributed by atoms with Gasteiger partial charge in [0.1, 0.15) is 14.4 Å². The van der Waals surface area contributed by atoms with E-state index in [0.29, 0.717) is 16.5 Å². The highest BCUT2D eigenvalue weighted by molar-refractivity contribution is 6.32. The molecule has 146 valence electrons. The number of fused-ring (bicyclic) bond motifs is 1. The van der Waals surface area contributed by atoms with Crippen LogP contribution in [0.1, 0.15) is 16.8 Å². The topological polar surface area (TPSA) is 104 Å². The third-order valence-electron chi connectivity index (χ3n) is 4.62. The molecule has 1 aliphatic rings. The zero-order valence-corrected chi connectivity index (χ0v) is 15.1. The second-order valence-corrected chi connectivity index (χ2v) is 6.89. The second kappa shape index (κ2) is 7.23. The largest absolute Gasteiger partial charge is 0.329 e. The first kappa shape index (κ1) is 19.0. The number of anilines is 1. The van der Waals surface area contributed by atoms with Gasteiger partial charge in [0.15, 0.2) is 5.65 Å². The fourth-order valence-electron chi connectivity index (χ4n) is 2.90. The van der Waals surface area contributed by atoms with Crippen LogP contribution in [-0.4, -0.2) is 63.7 Å². The number of H-pyrrole nitrogens is 1. The molecule has 29 heavy (non-hydrogen) atoms. The van der Waals surface area contributed by atoms with Crippen LogP contribution in [0.5, 0.6) is 0 Å². The molecule has 0 spiro atoms. The second-order valence-electron chi connectivity index (χ2n) is 6.89. The van der Waals surface area contributed by atoms with Crippen LogP contribution >= 0.6 is 0 Å². The summed E-state index contributed by atoms with van der Waals surface area (Å²) in [5.74, 6) is -4.90. The van der Waals surface area contributed by atoms with Crippen molar-refractivity contribution in [3.05, 3.63) is 42.2 Å². The van der Waals surface area contributed by atoms with Gasteiger partial charge in [-0.05, 0) is 0 Å². The van der Waals surface area contributed by atoms with E-state index in [4.69, 9.17) is 7.85 Å². The molecule has 3 aromatic rings. The Morgan fingerprint density at radius 3 is 2.69 bits per heavy atom. The van der Waals surface area contributed by atoms with Crippen molar-refractivity contribution in [3.63, 3.8) is 0 Å². The van der Waals surface area contributed by atoms with Gasteiger partial charge < -0.3 is 4.90 Å². The summed E-state index contributed by atoms with van der Waals surface area (Å²) in [6.45, 7) is -0.649. The monoisotopic (exact) mass is 396 g/mol. The van der Waals surface area contributed by atoms with Crippen molar-refractivity contribution in [2.75, 3.05) is 18.4 Å². The number of nitrogens with zero attached hydrogens (tertiary/aromatic N) is 4. The highest BCUT2D eigenvalue weighted by Crippen LogP contribution is 2.48. The summed E-state index contributed by atoms with van der Waals surface area (Å²) in [7, 11) is 5.62. The van der Waals surface area contributed by atoms with Crippen LogP contribution in [0.2, 0.25) is 0 Å². The van der Waals surface area contributed by atoms with Crippen molar-refractivity contribution in [2.45, 2.75) is 12.3 Å². The Bertz CT molecular complexity index is 1070. The summed E-state index contributed by atoms with van der Waals surface area (Å²) in [6.07, 6.45) is 2.70. The van der Waals surface area contributed by atoms with Gasteiger partial charge in [0, 0.05) is 30.6 Å². The molecule has 1 unspecified atom stereocenters. The third-order valence-corrected chi connectivity index (χ3v) is 4.62. The number of carbonyl (C=O) groups excluding carboxylic acids is 2. The first-order valence-electron chi connectivity index (χ1n) is 8.80. The van der Waals surface area contributed by atoms with Gasteiger partial charge in [-0.15, -0.1) is 0 Å². The summed E-state index contributed by atoms with van der Waals surface area (Å²) >= 11 is 0. The minimum Gasteiger partial charge on any atom is -0.329 e. The Hall–Kier alpha value is -3.37. The van der Waals surface area contributed by atoms with Crippen LogP contribution in [0.25, 0.3) is 11.0 Å². The predicted octanol–water partition coefficient (Wildman–Crippen LogP) is 0.883. The van der Waals surface area contributed by atoms with Crippen molar-refractivity contribution in [2.24, 2.45) is 5.92 Å².